The second-order valence-electron chi connectivity index (χ2n) is 5.43. The molecule has 1 fully saturated rings. The fraction of sp³-hybridized carbons (Fsp3) is 0.500. The first kappa shape index (κ1) is 12.7. The van der Waals surface area contributed by atoms with Crippen LogP contribution in [0.25, 0.3) is 10.9 Å². The van der Waals surface area contributed by atoms with Crippen molar-refractivity contribution in [1.82, 2.24) is 15.0 Å². The molecule has 0 radical (unpaired) electrons. The Balaban J connectivity index is 2.01. The molecule has 4 nitrogen and oxygen atoms in total. The normalized spacial score (nSPS) is 17.9. The quantitative estimate of drug-likeness (QED) is 0.874. The van der Waals surface area contributed by atoms with Gasteiger partial charge in [-0.05, 0) is 36.1 Å². The number of thiol groups is 1. The van der Waals surface area contributed by atoms with Crippen molar-refractivity contribution in [1.29, 1.82) is 0 Å². The molecule has 0 amide bonds. The molecule has 2 aromatic rings. The lowest BCUT2D eigenvalue weighted by molar-refractivity contribution is 0.266. The van der Waals surface area contributed by atoms with Crippen LogP contribution in [-0.4, -0.2) is 20.7 Å². The van der Waals surface area contributed by atoms with Gasteiger partial charge in [-0.25, -0.2) is 4.68 Å². The first-order valence-corrected chi connectivity index (χ1v) is 7.31. The molecular formula is C14H17N3OS. The van der Waals surface area contributed by atoms with Gasteiger partial charge in [-0.3, -0.25) is 4.79 Å². The number of hydrogen-bond donors (Lipinski definition) is 1. The maximum Gasteiger partial charge on any atom is 0.277 e. The highest BCUT2D eigenvalue weighted by Crippen LogP contribution is 2.40. The van der Waals surface area contributed by atoms with Gasteiger partial charge in [0, 0.05) is 0 Å². The van der Waals surface area contributed by atoms with Crippen molar-refractivity contribution >= 4 is 23.5 Å². The van der Waals surface area contributed by atoms with Gasteiger partial charge in [0.25, 0.3) is 5.56 Å². The van der Waals surface area contributed by atoms with Crippen molar-refractivity contribution < 1.29 is 0 Å². The van der Waals surface area contributed by atoms with Crippen LogP contribution in [0.3, 0.4) is 0 Å². The van der Waals surface area contributed by atoms with Gasteiger partial charge in [0.05, 0.1) is 11.9 Å². The minimum atomic E-state index is -0.0429. The highest BCUT2D eigenvalue weighted by Gasteiger charge is 2.33. The van der Waals surface area contributed by atoms with E-state index in [9.17, 15) is 4.79 Å². The largest absolute Gasteiger partial charge is 0.277 e. The fourth-order valence-corrected chi connectivity index (χ4v) is 3.35. The average molecular weight is 275 g/mol. The highest BCUT2D eigenvalue weighted by molar-refractivity contribution is 7.80. The van der Waals surface area contributed by atoms with E-state index in [0.29, 0.717) is 17.4 Å². The summed E-state index contributed by atoms with van der Waals surface area (Å²) < 4.78 is 1.52. The maximum atomic E-state index is 12.4. The van der Waals surface area contributed by atoms with E-state index < -0.39 is 0 Å². The molecule has 5 heteroatoms. The van der Waals surface area contributed by atoms with E-state index in [1.54, 1.807) is 0 Å². The van der Waals surface area contributed by atoms with Crippen molar-refractivity contribution in [3.05, 3.63) is 34.6 Å². The number of rotatable bonds is 3. The van der Waals surface area contributed by atoms with Crippen LogP contribution in [-0.2, 0) is 6.54 Å². The Labute approximate surface area is 117 Å². The summed E-state index contributed by atoms with van der Waals surface area (Å²) in [4.78, 5) is 12.4. The number of hydrogen-bond acceptors (Lipinski definition) is 4. The summed E-state index contributed by atoms with van der Waals surface area (Å²) in [7, 11) is 0. The Morgan fingerprint density at radius 2 is 2.00 bits per heavy atom. The molecular weight excluding hydrogens is 258 g/mol. The lowest BCUT2D eigenvalue weighted by atomic mass is 9.88. The third-order valence-corrected chi connectivity index (χ3v) is 4.78. The van der Waals surface area contributed by atoms with E-state index in [1.165, 1.54) is 17.5 Å². The van der Waals surface area contributed by atoms with Gasteiger partial charge >= 0.3 is 0 Å². The van der Waals surface area contributed by atoms with Gasteiger partial charge in [-0.1, -0.05) is 30.2 Å². The molecule has 0 atom stereocenters. The Bertz CT molecular complexity index is 646. The number of nitrogens with zero attached hydrogens (tertiary/aromatic N) is 3. The summed E-state index contributed by atoms with van der Waals surface area (Å²) in [6.07, 6.45) is 4.68. The second kappa shape index (κ2) is 4.96. The van der Waals surface area contributed by atoms with Crippen LogP contribution in [0.4, 0.5) is 0 Å². The van der Waals surface area contributed by atoms with Gasteiger partial charge in [-0.15, -0.1) is 5.10 Å². The van der Waals surface area contributed by atoms with Crippen LogP contribution in [0.15, 0.2) is 29.1 Å². The molecule has 1 aromatic heterocycles. The van der Waals surface area contributed by atoms with Gasteiger partial charge in [-0.2, -0.15) is 12.6 Å². The van der Waals surface area contributed by atoms with E-state index in [2.05, 4.69) is 22.9 Å². The molecule has 1 aromatic carbocycles. The van der Waals surface area contributed by atoms with Crippen molar-refractivity contribution in [3.8, 4) is 0 Å². The zero-order valence-electron chi connectivity index (χ0n) is 10.7. The lowest BCUT2D eigenvalue weighted by Crippen LogP contribution is -2.34. The minimum Gasteiger partial charge on any atom is -0.267 e. The topological polar surface area (TPSA) is 47.8 Å². The van der Waals surface area contributed by atoms with Gasteiger partial charge in [0.15, 0.2) is 0 Å². The minimum absolute atomic E-state index is 0.0429. The number of benzene rings is 1. The Morgan fingerprint density at radius 1 is 1.26 bits per heavy atom. The number of fused-ring (bicyclic) bond motifs is 1. The molecule has 19 heavy (non-hydrogen) atoms. The molecule has 100 valence electrons. The molecule has 0 N–H and O–H groups in total. The molecule has 0 spiro atoms. The van der Waals surface area contributed by atoms with Crippen LogP contribution < -0.4 is 5.56 Å². The predicted molar refractivity (Wildman–Crippen MR) is 78.6 cm³/mol. The predicted octanol–water partition coefficient (Wildman–Crippen LogP) is 2.28. The van der Waals surface area contributed by atoms with E-state index in [1.807, 2.05) is 24.3 Å². The molecule has 3 rings (SSSR count). The van der Waals surface area contributed by atoms with Crippen LogP contribution in [0, 0.1) is 5.41 Å². The average Bonchev–Trinajstić information content (AvgIpc) is 2.92. The molecule has 0 aliphatic heterocycles. The Hall–Kier alpha value is -1.36. The Morgan fingerprint density at radius 3 is 2.74 bits per heavy atom. The summed E-state index contributed by atoms with van der Waals surface area (Å²) in [6, 6.07) is 7.36. The van der Waals surface area contributed by atoms with Crippen LogP contribution >= 0.6 is 12.6 Å². The number of aromatic nitrogens is 3. The first-order valence-electron chi connectivity index (χ1n) is 6.68. The molecule has 0 unspecified atom stereocenters. The third kappa shape index (κ3) is 2.27. The van der Waals surface area contributed by atoms with E-state index >= 15 is 0 Å². The fourth-order valence-electron chi connectivity index (χ4n) is 2.94. The van der Waals surface area contributed by atoms with Gasteiger partial charge in [0.2, 0.25) is 0 Å². The van der Waals surface area contributed by atoms with Crippen molar-refractivity contribution in [3.63, 3.8) is 0 Å². The SMILES string of the molecule is O=c1c2ccccc2nnn1CC1(CS)CCCC1. The molecule has 1 aliphatic carbocycles. The summed E-state index contributed by atoms with van der Waals surface area (Å²) in [5.41, 5.74) is 0.734. The zero-order valence-corrected chi connectivity index (χ0v) is 11.6. The van der Waals surface area contributed by atoms with Crippen LogP contribution in [0.1, 0.15) is 25.7 Å². The van der Waals surface area contributed by atoms with Gasteiger partial charge < -0.3 is 0 Å². The van der Waals surface area contributed by atoms with E-state index in [4.69, 9.17) is 0 Å². The van der Waals surface area contributed by atoms with Crippen LogP contribution in [0.2, 0.25) is 0 Å². The van der Waals surface area contributed by atoms with Crippen LogP contribution in [0.5, 0.6) is 0 Å². The first-order chi connectivity index (χ1) is 9.24. The summed E-state index contributed by atoms with van der Waals surface area (Å²) in [5.74, 6) is 0.800. The summed E-state index contributed by atoms with van der Waals surface area (Å²) in [6.45, 7) is 0.632. The molecule has 1 saturated carbocycles. The van der Waals surface area contributed by atoms with Crippen molar-refractivity contribution in [2.75, 3.05) is 5.75 Å². The standard InChI is InChI=1S/C14H17N3OS/c18-13-11-5-1-2-6-12(11)15-16-17(13)9-14(10-19)7-3-4-8-14/h1-2,5-6,19H,3-4,7-10H2. The molecule has 1 heterocycles. The van der Waals surface area contributed by atoms with Crippen molar-refractivity contribution in [2.24, 2.45) is 5.41 Å². The summed E-state index contributed by atoms with van der Waals surface area (Å²) in [5, 5.41) is 8.86. The molecule has 0 saturated heterocycles. The highest BCUT2D eigenvalue weighted by atomic mass is 32.1. The second-order valence-corrected chi connectivity index (χ2v) is 5.75. The smallest absolute Gasteiger partial charge is 0.267 e. The maximum absolute atomic E-state index is 12.4. The van der Waals surface area contributed by atoms with Gasteiger partial charge in [0.1, 0.15) is 5.52 Å². The monoisotopic (exact) mass is 275 g/mol. The van der Waals surface area contributed by atoms with E-state index in [0.717, 1.165) is 18.6 Å². The van der Waals surface area contributed by atoms with E-state index in [-0.39, 0.29) is 11.0 Å². The lowest BCUT2D eigenvalue weighted by Gasteiger charge is -2.26. The molecule has 1 aliphatic rings. The zero-order chi connectivity index (χ0) is 13.3. The third-order valence-electron chi connectivity index (χ3n) is 4.11. The van der Waals surface area contributed by atoms with Crippen molar-refractivity contribution in [2.45, 2.75) is 32.2 Å². The Kier molecular flexibility index (Phi) is 3.31. The summed E-state index contributed by atoms with van der Waals surface area (Å²) >= 11 is 4.48. The molecule has 0 bridgehead atoms.